The number of piperazine rings is 1. The third-order valence-electron chi connectivity index (χ3n) is 5.59. The number of carbonyl (C=O) groups is 1. The van der Waals surface area contributed by atoms with E-state index in [-0.39, 0.29) is 11.9 Å². The molecule has 2 heterocycles. The average Bonchev–Trinajstić information content (AvgIpc) is 3.29. The third kappa shape index (κ3) is 5.06. The molecule has 1 aliphatic heterocycles. The molecule has 0 bridgehead atoms. The topological polar surface area (TPSA) is 70.8 Å². The number of para-hydroxylation sites is 2. The van der Waals surface area contributed by atoms with E-state index in [1.807, 2.05) is 55.5 Å². The molecule has 0 radical (unpaired) electrons. The highest BCUT2D eigenvalue weighted by atomic mass is 16.5. The Labute approximate surface area is 182 Å². The zero-order valence-corrected chi connectivity index (χ0v) is 18.0. The van der Waals surface area contributed by atoms with Crippen molar-refractivity contribution in [3.8, 4) is 5.75 Å². The van der Waals surface area contributed by atoms with Crippen molar-refractivity contribution in [3.63, 3.8) is 0 Å². The summed E-state index contributed by atoms with van der Waals surface area (Å²) in [6.07, 6.45) is 1.44. The van der Waals surface area contributed by atoms with Gasteiger partial charge in [0.25, 0.3) is 5.91 Å². The molecule has 3 aromatic rings. The predicted octanol–water partition coefficient (Wildman–Crippen LogP) is 3.50. The van der Waals surface area contributed by atoms with Crippen LogP contribution in [0, 0.1) is 0 Å². The lowest BCUT2D eigenvalue weighted by Gasteiger charge is -2.36. The molecule has 1 saturated heterocycles. The Morgan fingerprint density at radius 3 is 2.55 bits per heavy atom. The number of hydrogen-bond acceptors (Lipinski definition) is 6. The van der Waals surface area contributed by atoms with E-state index in [9.17, 15) is 4.79 Å². The van der Waals surface area contributed by atoms with Gasteiger partial charge in [0, 0.05) is 26.2 Å². The Morgan fingerprint density at radius 2 is 1.81 bits per heavy atom. The lowest BCUT2D eigenvalue weighted by Crippen LogP contribution is -2.46. The molecule has 1 fully saturated rings. The van der Waals surface area contributed by atoms with Crippen LogP contribution in [0.5, 0.6) is 5.75 Å². The zero-order valence-electron chi connectivity index (χ0n) is 18.0. The van der Waals surface area contributed by atoms with E-state index in [4.69, 9.17) is 9.15 Å². The number of aromatic nitrogens is 1. The van der Waals surface area contributed by atoms with Crippen molar-refractivity contribution >= 4 is 11.6 Å². The summed E-state index contributed by atoms with van der Waals surface area (Å²) in [5.74, 6) is 1.22. The number of methoxy groups -OCH3 is 1. The molecular formula is C24H28N4O3. The zero-order chi connectivity index (χ0) is 21.6. The Bertz CT molecular complexity index is 997. The van der Waals surface area contributed by atoms with Gasteiger partial charge in [-0.3, -0.25) is 9.69 Å². The summed E-state index contributed by atoms with van der Waals surface area (Å²) < 4.78 is 11.1. The number of anilines is 1. The molecule has 1 N–H and O–H groups in total. The highest BCUT2D eigenvalue weighted by Gasteiger charge is 2.22. The van der Waals surface area contributed by atoms with Gasteiger partial charge in [-0.25, -0.2) is 4.98 Å². The van der Waals surface area contributed by atoms with Crippen LogP contribution in [0.3, 0.4) is 0 Å². The first-order valence-corrected chi connectivity index (χ1v) is 10.5. The molecule has 7 nitrogen and oxygen atoms in total. The number of carbonyl (C=O) groups excluding carboxylic acids is 1. The molecule has 4 rings (SSSR count). The molecular weight excluding hydrogens is 392 g/mol. The molecule has 1 aromatic heterocycles. The highest BCUT2D eigenvalue weighted by molar-refractivity contribution is 5.92. The van der Waals surface area contributed by atoms with Crippen LogP contribution in [0.25, 0.3) is 0 Å². The molecule has 1 aliphatic rings. The summed E-state index contributed by atoms with van der Waals surface area (Å²) >= 11 is 0. The van der Waals surface area contributed by atoms with Gasteiger partial charge < -0.3 is 19.4 Å². The number of amides is 1. The lowest BCUT2D eigenvalue weighted by molar-refractivity contribution is 0.0934. The number of rotatable bonds is 7. The second-order valence-corrected chi connectivity index (χ2v) is 7.67. The maximum Gasteiger partial charge on any atom is 0.273 e. The fourth-order valence-electron chi connectivity index (χ4n) is 3.81. The number of ether oxygens (including phenoxy) is 1. The first-order chi connectivity index (χ1) is 15.1. The van der Waals surface area contributed by atoms with Crippen molar-refractivity contribution in [1.29, 1.82) is 0 Å². The molecule has 0 saturated carbocycles. The minimum Gasteiger partial charge on any atom is -0.495 e. The van der Waals surface area contributed by atoms with E-state index in [2.05, 4.69) is 26.2 Å². The summed E-state index contributed by atoms with van der Waals surface area (Å²) in [5.41, 5.74) is 2.48. The molecule has 162 valence electrons. The third-order valence-corrected chi connectivity index (χ3v) is 5.59. The van der Waals surface area contributed by atoms with Crippen LogP contribution in [-0.4, -0.2) is 49.1 Å². The fourth-order valence-corrected chi connectivity index (χ4v) is 3.81. The molecule has 2 aromatic carbocycles. The van der Waals surface area contributed by atoms with Crippen LogP contribution < -0.4 is 15.0 Å². The Balaban J connectivity index is 1.30. The lowest BCUT2D eigenvalue weighted by atomic mass is 10.1. The summed E-state index contributed by atoms with van der Waals surface area (Å²) in [6, 6.07) is 17.8. The Morgan fingerprint density at radius 1 is 1.10 bits per heavy atom. The first kappa shape index (κ1) is 20.9. The van der Waals surface area contributed by atoms with Crippen LogP contribution >= 0.6 is 0 Å². The van der Waals surface area contributed by atoms with Crippen molar-refractivity contribution in [2.24, 2.45) is 0 Å². The number of hydrogen-bond donors (Lipinski definition) is 1. The quantitative estimate of drug-likeness (QED) is 0.631. The molecule has 1 atom stereocenters. The number of benzene rings is 2. The monoisotopic (exact) mass is 420 g/mol. The molecule has 0 spiro atoms. The van der Waals surface area contributed by atoms with Gasteiger partial charge in [-0.1, -0.05) is 42.5 Å². The summed E-state index contributed by atoms with van der Waals surface area (Å²) in [4.78, 5) is 21.5. The van der Waals surface area contributed by atoms with E-state index in [1.165, 1.54) is 6.26 Å². The van der Waals surface area contributed by atoms with Crippen molar-refractivity contribution in [3.05, 3.63) is 78.0 Å². The molecule has 0 unspecified atom stereocenters. The van der Waals surface area contributed by atoms with Crippen LogP contribution in [0.2, 0.25) is 0 Å². The van der Waals surface area contributed by atoms with Crippen LogP contribution in [-0.2, 0) is 6.54 Å². The molecule has 0 aliphatic carbocycles. The maximum absolute atomic E-state index is 12.5. The predicted molar refractivity (Wildman–Crippen MR) is 119 cm³/mol. The van der Waals surface area contributed by atoms with Crippen LogP contribution in [0.15, 0.2) is 65.3 Å². The fraction of sp³-hybridized carbons (Fsp3) is 0.333. The van der Waals surface area contributed by atoms with Gasteiger partial charge in [-0.05, 0) is 24.6 Å². The number of nitrogens with one attached hydrogen (secondary N) is 1. The second kappa shape index (κ2) is 9.66. The Kier molecular flexibility index (Phi) is 6.52. The minimum absolute atomic E-state index is 0.100. The normalized spacial score (nSPS) is 15.5. The average molecular weight is 421 g/mol. The van der Waals surface area contributed by atoms with Crippen molar-refractivity contribution < 1.29 is 13.9 Å². The SMILES string of the molecule is COc1ccccc1N1CCN(Cc2nc(C(=O)N[C@@H](C)c3ccccc3)co2)CC1. The molecule has 1 amide bonds. The highest BCUT2D eigenvalue weighted by Crippen LogP contribution is 2.28. The summed E-state index contributed by atoms with van der Waals surface area (Å²) in [5, 5.41) is 2.97. The number of nitrogens with zero attached hydrogens (tertiary/aromatic N) is 3. The van der Waals surface area contributed by atoms with E-state index in [0.717, 1.165) is 43.2 Å². The van der Waals surface area contributed by atoms with Gasteiger partial charge in [0.15, 0.2) is 5.69 Å². The molecule has 31 heavy (non-hydrogen) atoms. The largest absolute Gasteiger partial charge is 0.495 e. The molecule has 7 heteroatoms. The van der Waals surface area contributed by atoms with Gasteiger partial charge >= 0.3 is 0 Å². The smallest absolute Gasteiger partial charge is 0.273 e. The summed E-state index contributed by atoms with van der Waals surface area (Å²) in [6.45, 7) is 6.09. The van der Waals surface area contributed by atoms with E-state index in [1.54, 1.807) is 7.11 Å². The van der Waals surface area contributed by atoms with Gasteiger partial charge in [0.2, 0.25) is 5.89 Å². The van der Waals surface area contributed by atoms with Crippen molar-refractivity contribution in [2.75, 3.05) is 38.2 Å². The van der Waals surface area contributed by atoms with Crippen molar-refractivity contribution in [2.45, 2.75) is 19.5 Å². The Hall–Kier alpha value is -3.32. The van der Waals surface area contributed by atoms with E-state index in [0.29, 0.717) is 18.1 Å². The summed E-state index contributed by atoms with van der Waals surface area (Å²) in [7, 11) is 1.70. The van der Waals surface area contributed by atoms with Gasteiger partial charge in [-0.2, -0.15) is 0 Å². The number of oxazole rings is 1. The van der Waals surface area contributed by atoms with Gasteiger partial charge in [0.05, 0.1) is 25.4 Å². The minimum atomic E-state index is -0.229. The van der Waals surface area contributed by atoms with Crippen LogP contribution in [0.1, 0.15) is 34.9 Å². The van der Waals surface area contributed by atoms with Crippen LogP contribution in [0.4, 0.5) is 5.69 Å². The van der Waals surface area contributed by atoms with E-state index < -0.39 is 0 Å². The maximum atomic E-state index is 12.5. The van der Waals surface area contributed by atoms with E-state index >= 15 is 0 Å². The van der Waals surface area contributed by atoms with Gasteiger partial charge in [0.1, 0.15) is 12.0 Å². The van der Waals surface area contributed by atoms with Gasteiger partial charge in [-0.15, -0.1) is 0 Å². The first-order valence-electron chi connectivity index (χ1n) is 10.5. The second-order valence-electron chi connectivity index (χ2n) is 7.67. The van der Waals surface area contributed by atoms with Crippen molar-refractivity contribution in [1.82, 2.24) is 15.2 Å². The standard InChI is InChI=1S/C24H28N4O3/c1-18(19-8-4-3-5-9-19)25-24(29)20-17-31-23(26-20)16-27-12-14-28(15-13-27)21-10-6-7-11-22(21)30-2/h3-11,17-18H,12-16H2,1-2H3,(H,25,29)/t18-/m0/s1.